The van der Waals surface area contributed by atoms with Gasteiger partial charge in [0.2, 0.25) is 0 Å². The van der Waals surface area contributed by atoms with Crippen molar-refractivity contribution in [3.05, 3.63) is 30.3 Å². The van der Waals surface area contributed by atoms with E-state index in [2.05, 4.69) is 17.2 Å². The van der Waals surface area contributed by atoms with Gasteiger partial charge in [-0.1, -0.05) is 31.5 Å². The van der Waals surface area contributed by atoms with Gasteiger partial charge in [-0.05, 0) is 36.8 Å². The molecule has 1 aliphatic carbocycles. The number of hydrogen-bond donors (Lipinski definition) is 2. The predicted molar refractivity (Wildman–Crippen MR) is 88.5 cm³/mol. The van der Waals surface area contributed by atoms with E-state index in [9.17, 15) is 0 Å². The molecule has 0 atom stereocenters. The molecule has 3 N–H and O–H groups in total. The summed E-state index contributed by atoms with van der Waals surface area (Å²) in [5.41, 5.74) is 7.34. The summed E-state index contributed by atoms with van der Waals surface area (Å²) in [7, 11) is 0. The first-order valence-electron chi connectivity index (χ1n) is 6.36. The lowest BCUT2D eigenvalue weighted by Gasteiger charge is -2.11. The van der Waals surface area contributed by atoms with Crippen LogP contribution in [0.1, 0.15) is 32.6 Å². The Morgan fingerprint density at radius 2 is 2.00 bits per heavy atom. The molecular weight excluding hydrogens is 337 g/mol. The SMILES string of the molecule is CCCC1(CN=C(N)Nc2ccccc2)CC1.I. The van der Waals surface area contributed by atoms with E-state index in [-0.39, 0.29) is 24.0 Å². The number of rotatable bonds is 5. The highest BCUT2D eigenvalue weighted by molar-refractivity contribution is 14.0. The number of aliphatic imine (C=N–C) groups is 1. The molecule has 1 fully saturated rings. The maximum Gasteiger partial charge on any atom is 0.193 e. The molecule has 0 bridgehead atoms. The molecule has 0 aromatic heterocycles. The maximum absolute atomic E-state index is 5.88. The van der Waals surface area contributed by atoms with Gasteiger partial charge in [-0.2, -0.15) is 0 Å². The molecule has 1 saturated carbocycles. The molecule has 1 aromatic rings. The minimum atomic E-state index is 0. The Labute approximate surface area is 126 Å². The number of nitrogens with zero attached hydrogens (tertiary/aromatic N) is 1. The molecule has 4 heteroatoms. The average molecular weight is 359 g/mol. The van der Waals surface area contributed by atoms with E-state index in [4.69, 9.17) is 5.73 Å². The molecule has 0 radical (unpaired) electrons. The quantitative estimate of drug-likeness (QED) is 0.479. The number of anilines is 1. The highest BCUT2D eigenvalue weighted by Crippen LogP contribution is 2.49. The van der Waals surface area contributed by atoms with Gasteiger partial charge < -0.3 is 11.1 Å². The van der Waals surface area contributed by atoms with Crippen molar-refractivity contribution in [3.8, 4) is 0 Å². The molecule has 0 unspecified atom stereocenters. The summed E-state index contributed by atoms with van der Waals surface area (Å²) in [5, 5.41) is 3.11. The molecule has 0 saturated heterocycles. The van der Waals surface area contributed by atoms with E-state index < -0.39 is 0 Å². The standard InChI is InChI=1S/C14H21N3.HI/c1-2-8-14(9-10-14)11-16-13(15)17-12-6-4-3-5-7-12;/h3-7H,2,8-11H2,1H3,(H3,15,16,17);1H. The van der Waals surface area contributed by atoms with E-state index in [1.165, 1.54) is 25.7 Å². The number of para-hydroxylation sites is 1. The first-order chi connectivity index (χ1) is 8.24. The predicted octanol–water partition coefficient (Wildman–Crippen LogP) is 3.61. The monoisotopic (exact) mass is 359 g/mol. The van der Waals surface area contributed by atoms with Crippen molar-refractivity contribution in [2.45, 2.75) is 32.6 Å². The Bertz CT molecular complexity index is 385. The summed E-state index contributed by atoms with van der Waals surface area (Å²) in [4.78, 5) is 4.46. The molecular formula is C14H22IN3. The third kappa shape index (κ3) is 4.48. The first-order valence-corrected chi connectivity index (χ1v) is 6.36. The largest absolute Gasteiger partial charge is 0.370 e. The fourth-order valence-electron chi connectivity index (χ4n) is 2.16. The summed E-state index contributed by atoms with van der Waals surface area (Å²) >= 11 is 0. The van der Waals surface area contributed by atoms with Gasteiger partial charge in [0.25, 0.3) is 0 Å². The van der Waals surface area contributed by atoms with Crippen LogP contribution in [0.5, 0.6) is 0 Å². The van der Waals surface area contributed by atoms with Gasteiger partial charge in [0, 0.05) is 12.2 Å². The number of guanidine groups is 1. The Hall–Kier alpha value is -0.780. The van der Waals surface area contributed by atoms with Crippen molar-refractivity contribution in [1.29, 1.82) is 0 Å². The lowest BCUT2D eigenvalue weighted by atomic mass is 10.0. The summed E-state index contributed by atoms with van der Waals surface area (Å²) in [6, 6.07) is 9.92. The first kappa shape index (κ1) is 15.3. The number of nitrogens with one attached hydrogen (secondary N) is 1. The van der Waals surface area contributed by atoms with Crippen LogP contribution in [0.3, 0.4) is 0 Å². The molecule has 18 heavy (non-hydrogen) atoms. The molecule has 3 nitrogen and oxygen atoms in total. The summed E-state index contributed by atoms with van der Waals surface area (Å²) in [6.45, 7) is 3.10. The molecule has 1 aliphatic rings. The van der Waals surface area contributed by atoms with Gasteiger partial charge in [-0.3, -0.25) is 4.99 Å². The highest BCUT2D eigenvalue weighted by atomic mass is 127. The molecule has 0 amide bonds. The molecule has 0 aliphatic heterocycles. The van der Waals surface area contributed by atoms with Crippen LogP contribution in [0.2, 0.25) is 0 Å². The molecule has 0 spiro atoms. The lowest BCUT2D eigenvalue weighted by molar-refractivity contribution is 0.473. The molecule has 0 heterocycles. The Morgan fingerprint density at radius 3 is 2.56 bits per heavy atom. The second-order valence-electron chi connectivity index (χ2n) is 4.94. The van der Waals surface area contributed by atoms with Crippen LogP contribution in [0, 0.1) is 5.41 Å². The average Bonchev–Trinajstić information content (AvgIpc) is 3.09. The van der Waals surface area contributed by atoms with E-state index in [1.54, 1.807) is 0 Å². The zero-order valence-corrected chi connectivity index (χ0v) is 13.2. The van der Waals surface area contributed by atoms with Gasteiger partial charge >= 0.3 is 0 Å². The van der Waals surface area contributed by atoms with E-state index in [1.807, 2.05) is 30.3 Å². The fourth-order valence-corrected chi connectivity index (χ4v) is 2.16. The summed E-state index contributed by atoms with van der Waals surface area (Å²) in [6.07, 6.45) is 5.13. The van der Waals surface area contributed by atoms with Crippen LogP contribution in [0.25, 0.3) is 0 Å². The van der Waals surface area contributed by atoms with E-state index in [0.29, 0.717) is 11.4 Å². The van der Waals surface area contributed by atoms with Crippen LogP contribution in [-0.4, -0.2) is 12.5 Å². The zero-order chi connectivity index (χ0) is 12.1. The van der Waals surface area contributed by atoms with Crippen LogP contribution in [-0.2, 0) is 0 Å². The van der Waals surface area contributed by atoms with Crippen molar-refractivity contribution in [2.75, 3.05) is 11.9 Å². The van der Waals surface area contributed by atoms with Gasteiger partial charge in [-0.15, -0.1) is 24.0 Å². The number of halogens is 1. The molecule has 2 rings (SSSR count). The molecule has 1 aromatic carbocycles. The lowest BCUT2D eigenvalue weighted by Crippen LogP contribution is -2.24. The van der Waals surface area contributed by atoms with E-state index in [0.717, 1.165) is 12.2 Å². The van der Waals surface area contributed by atoms with Crippen LogP contribution in [0.4, 0.5) is 5.69 Å². The van der Waals surface area contributed by atoms with Crippen LogP contribution < -0.4 is 11.1 Å². The van der Waals surface area contributed by atoms with Gasteiger partial charge in [0.1, 0.15) is 0 Å². The Morgan fingerprint density at radius 1 is 1.33 bits per heavy atom. The smallest absolute Gasteiger partial charge is 0.193 e. The van der Waals surface area contributed by atoms with Crippen molar-refractivity contribution < 1.29 is 0 Å². The minimum absolute atomic E-state index is 0. The van der Waals surface area contributed by atoms with Crippen molar-refractivity contribution in [2.24, 2.45) is 16.1 Å². The van der Waals surface area contributed by atoms with Crippen molar-refractivity contribution in [1.82, 2.24) is 0 Å². The summed E-state index contributed by atoms with van der Waals surface area (Å²) < 4.78 is 0. The topological polar surface area (TPSA) is 50.4 Å². The third-order valence-corrected chi connectivity index (χ3v) is 3.37. The Balaban J connectivity index is 0.00000162. The van der Waals surface area contributed by atoms with Gasteiger partial charge in [0.05, 0.1) is 0 Å². The number of hydrogen-bond acceptors (Lipinski definition) is 1. The van der Waals surface area contributed by atoms with Gasteiger partial charge in [0.15, 0.2) is 5.96 Å². The fraction of sp³-hybridized carbons (Fsp3) is 0.500. The molecule has 100 valence electrons. The van der Waals surface area contributed by atoms with Crippen molar-refractivity contribution in [3.63, 3.8) is 0 Å². The van der Waals surface area contributed by atoms with Crippen LogP contribution >= 0.6 is 24.0 Å². The second-order valence-corrected chi connectivity index (χ2v) is 4.94. The van der Waals surface area contributed by atoms with E-state index >= 15 is 0 Å². The third-order valence-electron chi connectivity index (χ3n) is 3.37. The number of benzene rings is 1. The van der Waals surface area contributed by atoms with Crippen molar-refractivity contribution >= 4 is 35.6 Å². The second kappa shape index (κ2) is 6.97. The highest BCUT2D eigenvalue weighted by Gasteiger charge is 2.41. The normalized spacial score (nSPS) is 16.8. The Kier molecular flexibility index (Phi) is 5.91. The maximum atomic E-state index is 5.88. The number of nitrogens with two attached hydrogens (primary N) is 1. The minimum Gasteiger partial charge on any atom is -0.370 e. The van der Waals surface area contributed by atoms with Crippen LogP contribution in [0.15, 0.2) is 35.3 Å². The summed E-state index contributed by atoms with van der Waals surface area (Å²) in [5.74, 6) is 0.526. The zero-order valence-electron chi connectivity index (χ0n) is 10.9. The van der Waals surface area contributed by atoms with Gasteiger partial charge in [-0.25, -0.2) is 0 Å².